The summed E-state index contributed by atoms with van der Waals surface area (Å²) in [6, 6.07) is 0. The fraction of sp³-hybridized carbons (Fsp3) is 0.778. The summed E-state index contributed by atoms with van der Waals surface area (Å²) in [7, 11) is 0. The molecule has 0 heterocycles. The van der Waals surface area contributed by atoms with Crippen LogP contribution in [0.25, 0.3) is 0 Å². The van der Waals surface area contributed by atoms with Gasteiger partial charge in [0.15, 0.2) is 0 Å². The van der Waals surface area contributed by atoms with Crippen molar-refractivity contribution >= 4 is 11.9 Å². The van der Waals surface area contributed by atoms with E-state index in [1.54, 1.807) is 6.92 Å². The van der Waals surface area contributed by atoms with Crippen LogP contribution in [-0.2, 0) is 14.3 Å². The topological polar surface area (TPSA) is 55.4 Å². The molecule has 0 aromatic rings. The van der Waals surface area contributed by atoms with Gasteiger partial charge >= 0.3 is 5.97 Å². The Bertz CT molecular complexity index is 427. The van der Waals surface area contributed by atoms with Crippen LogP contribution < -0.4 is 5.32 Å². The maximum atomic E-state index is 12.7. The molecule has 1 N–H and O–H groups in total. The summed E-state index contributed by atoms with van der Waals surface area (Å²) in [6.45, 7) is 20.3. The van der Waals surface area contributed by atoms with E-state index in [1.165, 1.54) is 0 Å². The quantitative estimate of drug-likeness (QED) is 0.462. The molecule has 0 aromatic carbocycles. The summed E-state index contributed by atoms with van der Waals surface area (Å²) in [4.78, 5) is 24.0. The molecular formula is C18H33NO3. The largest absolute Gasteiger partial charge is 0.460 e. The molecule has 0 aliphatic carbocycles. The zero-order valence-corrected chi connectivity index (χ0v) is 15.6. The van der Waals surface area contributed by atoms with E-state index < -0.39 is 11.4 Å². The highest BCUT2D eigenvalue weighted by Gasteiger charge is 2.46. The van der Waals surface area contributed by atoms with Crippen LogP contribution in [0.1, 0.15) is 61.8 Å². The van der Waals surface area contributed by atoms with Gasteiger partial charge in [-0.15, -0.1) is 0 Å². The minimum Gasteiger partial charge on any atom is -0.460 e. The minimum atomic E-state index is -0.496. The highest BCUT2D eigenvalue weighted by Crippen LogP contribution is 2.46. The van der Waals surface area contributed by atoms with Gasteiger partial charge in [0, 0.05) is 5.57 Å². The molecule has 0 aliphatic heterocycles. The summed E-state index contributed by atoms with van der Waals surface area (Å²) >= 11 is 0. The molecule has 128 valence electrons. The van der Waals surface area contributed by atoms with Gasteiger partial charge in [0.2, 0.25) is 5.91 Å². The van der Waals surface area contributed by atoms with Crippen molar-refractivity contribution in [1.82, 2.24) is 5.32 Å². The van der Waals surface area contributed by atoms with Crippen molar-refractivity contribution in [3.05, 3.63) is 12.2 Å². The Morgan fingerprint density at radius 1 is 1.05 bits per heavy atom. The lowest BCUT2D eigenvalue weighted by Gasteiger charge is -2.44. The van der Waals surface area contributed by atoms with Gasteiger partial charge in [-0.25, -0.2) is 4.79 Å². The average molecular weight is 311 g/mol. The third kappa shape index (κ3) is 6.20. The molecule has 0 aliphatic rings. The average Bonchev–Trinajstić information content (AvgIpc) is 2.30. The SMILES string of the molecule is C=C(C)C(=O)OCCNC(=O)C(C)(CC(C)(C)C)C(C)(C)C. The Morgan fingerprint density at radius 2 is 1.55 bits per heavy atom. The molecule has 0 saturated heterocycles. The molecular weight excluding hydrogens is 278 g/mol. The number of hydrogen-bond donors (Lipinski definition) is 1. The van der Waals surface area contributed by atoms with Crippen LogP contribution in [0.15, 0.2) is 12.2 Å². The Kier molecular flexibility index (Phi) is 6.86. The fourth-order valence-electron chi connectivity index (χ4n) is 2.37. The van der Waals surface area contributed by atoms with E-state index in [-0.39, 0.29) is 23.3 Å². The second-order valence-corrected chi connectivity index (χ2v) is 8.49. The van der Waals surface area contributed by atoms with Gasteiger partial charge in [-0.05, 0) is 24.2 Å². The van der Waals surface area contributed by atoms with Gasteiger partial charge < -0.3 is 10.1 Å². The molecule has 0 aromatic heterocycles. The normalized spacial score (nSPS) is 14.9. The Hall–Kier alpha value is -1.32. The smallest absolute Gasteiger partial charge is 0.333 e. The van der Waals surface area contributed by atoms with Crippen molar-refractivity contribution < 1.29 is 14.3 Å². The number of rotatable bonds is 6. The molecule has 1 unspecified atom stereocenters. The summed E-state index contributed by atoms with van der Waals surface area (Å²) in [5.41, 5.74) is -0.257. The van der Waals surface area contributed by atoms with Crippen LogP contribution in [-0.4, -0.2) is 25.0 Å². The summed E-state index contributed by atoms with van der Waals surface area (Å²) in [5, 5.41) is 2.90. The van der Waals surface area contributed by atoms with Crippen LogP contribution in [0.4, 0.5) is 0 Å². The van der Waals surface area contributed by atoms with Gasteiger partial charge in [-0.3, -0.25) is 4.79 Å². The van der Waals surface area contributed by atoms with E-state index in [9.17, 15) is 9.59 Å². The molecule has 0 radical (unpaired) electrons. The lowest BCUT2D eigenvalue weighted by Crippen LogP contribution is -2.49. The van der Waals surface area contributed by atoms with E-state index in [4.69, 9.17) is 4.74 Å². The van der Waals surface area contributed by atoms with Crippen LogP contribution in [0, 0.1) is 16.2 Å². The standard InChI is InChI=1S/C18H33NO3/c1-13(2)14(20)22-11-10-19-15(21)18(9,17(6,7)8)12-16(3,4)5/h1,10-12H2,2-9H3,(H,19,21). The van der Waals surface area contributed by atoms with E-state index in [0.717, 1.165) is 6.42 Å². The zero-order valence-electron chi connectivity index (χ0n) is 15.6. The van der Waals surface area contributed by atoms with E-state index in [2.05, 4.69) is 53.4 Å². The number of esters is 1. The summed E-state index contributed by atoms with van der Waals surface area (Å²) in [6.07, 6.45) is 0.779. The Labute approximate surface area is 135 Å². The number of carbonyl (C=O) groups is 2. The second-order valence-electron chi connectivity index (χ2n) is 8.49. The minimum absolute atomic E-state index is 0.00120. The first-order chi connectivity index (χ1) is 9.71. The molecule has 4 heteroatoms. The van der Waals surface area contributed by atoms with E-state index >= 15 is 0 Å². The Morgan fingerprint density at radius 3 is 1.91 bits per heavy atom. The number of amides is 1. The first-order valence-electron chi connectivity index (χ1n) is 7.82. The van der Waals surface area contributed by atoms with Crippen LogP contribution in [0.5, 0.6) is 0 Å². The molecule has 0 rings (SSSR count). The predicted octanol–water partition coefficient (Wildman–Crippen LogP) is 3.71. The van der Waals surface area contributed by atoms with E-state index in [1.807, 2.05) is 6.92 Å². The monoisotopic (exact) mass is 311 g/mol. The molecule has 0 bridgehead atoms. The first kappa shape index (κ1) is 20.7. The predicted molar refractivity (Wildman–Crippen MR) is 90.4 cm³/mol. The molecule has 0 fully saturated rings. The van der Waals surface area contributed by atoms with Gasteiger partial charge in [-0.2, -0.15) is 0 Å². The number of nitrogens with one attached hydrogen (secondary N) is 1. The van der Waals surface area contributed by atoms with Crippen LogP contribution >= 0.6 is 0 Å². The molecule has 1 amide bonds. The zero-order chi connectivity index (χ0) is 17.8. The molecule has 0 saturated carbocycles. The van der Waals surface area contributed by atoms with Crippen molar-refractivity contribution in [3.63, 3.8) is 0 Å². The van der Waals surface area contributed by atoms with Gasteiger partial charge in [0.25, 0.3) is 0 Å². The number of carbonyl (C=O) groups excluding carboxylic acids is 2. The summed E-state index contributed by atoms with van der Waals surface area (Å²) < 4.78 is 5.00. The molecule has 4 nitrogen and oxygen atoms in total. The lowest BCUT2D eigenvalue weighted by atomic mass is 9.61. The maximum absolute atomic E-state index is 12.7. The Balaban J connectivity index is 4.74. The van der Waals surface area contributed by atoms with Crippen molar-refractivity contribution in [2.75, 3.05) is 13.2 Å². The van der Waals surface area contributed by atoms with Crippen LogP contribution in [0.2, 0.25) is 0 Å². The van der Waals surface area contributed by atoms with Crippen molar-refractivity contribution in [2.24, 2.45) is 16.2 Å². The summed E-state index contributed by atoms with van der Waals surface area (Å²) in [5.74, 6) is -0.427. The third-order valence-corrected chi connectivity index (χ3v) is 4.01. The van der Waals surface area contributed by atoms with Crippen molar-refractivity contribution in [1.29, 1.82) is 0 Å². The first-order valence-corrected chi connectivity index (χ1v) is 7.82. The fourth-order valence-corrected chi connectivity index (χ4v) is 2.37. The van der Waals surface area contributed by atoms with E-state index in [0.29, 0.717) is 12.1 Å². The molecule has 0 spiro atoms. The third-order valence-electron chi connectivity index (χ3n) is 4.01. The van der Waals surface area contributed by atoms with Crippen molar-refractivity contribution in [3.8, 4) is 0 Å². The van der Waals surface area contributed by atoms with Gasteiger partial charge in [0.1, 0.15) is 6.61 Å². The molecule has 1 atom stereocenters. The second kappa shape index (κ2) is 7.30. The highest BCUT2D eigenvalue weighted by molar-refractivity contribution is 5.87. The maximum Gasteiger partial charge on any atom is 0.333 e. The highest BCUT2D eigenvalue weighted by atomic mass is 16.5. The number of ether oxygens (including phenoxy) is 1. The van der Waals surface area contributed by atoms with Crippen LogP contribution in [0.3, 0.4) is 0 Å². The van der Waals surface area contributed by atoms with Crippen molar-refractivity contribution in [2.45, 2.75) is 61.8 Å². The van der Waals surface area contributed by atoms with Gasteiger partial charge in [0.05, 0.1) is 12.0 Å². The lowest BCUT2D eigenvalue weighted by molar-refractivity contribution is -0.142. The number of hydrogen-bond acceptors (Lipinski definition) is 3. The molecule has 22 heavy (non-hydrogen) atoms. The van der Waals surface area contributed by atoms with Gasteiger partial charge in [-0.1, -0.05) is 55.0 Å².